The van der Waals surface area contributed by atoms with Crippen molar-refractivity contribution in [3.8, 4) is 0 Å². The highest BCUT2D eigenvalue weighted by Crippen LogP contribution is 2.23. The van der Waals surface area contributed by atoms with Gasteiger partial charge < -0.3 is 10.2 Å². The first kappa shape index (κ1) is 21.3. The first-order valence-electron chi connectivity index (χ1n) is 10.5. The minimum atomic E-state index is -3.59. The Morgan fingerprint density at radius 3 is 2.25 bits per heavy atom. The van der Waals surface area contributed by atoms with Gasteiger partial charge in [0.2, 0.25) is 10.0 Å². The number of sulfonamides is 1. The summed E-state index contributed by atoms with van der Waals surface area (Å²) in [4.78, 5) is 15.2. The summed E-state index contributed by atoms with van der Waals surface area (Å²) in [5.74, 6) is -0.166. The predicted octanol–water partition coefficient (Wildman–Crippen LogP) is 2.77. The minimum Gasteiger partial charge on any atom is -0.349 e. The number of nitrogens with one attached hydrogen (secondary N) is 1. The van der Waals surface area contributed by atoms with Gasteiger partial charge in [-0.15, -0.1) is 0 Å². The maximum atomic E-state index is 13.1. The van der Waals surface area contributed by atoms with E-state index < -0.39 is 10.0 Å². The summed E-state index contributed by atoms with van der Waals surface area (Å²) in [5.41, 5.74) is 1.11. The van der Waals surface area contributed by atoms with Gasteiger partial charge in [0.1, 0.15) is 0 Å². The van der Waals surface area contributed by atoms with Crippen LogP contribution in [0, 0.1) is 6.92 Å². The van der Waals surface area contributed by atoms with Crippen molar-refractivity contribution in [1.29, 1.82) is 0 Å². The fourth-order valence-corrected chi connectivity index (χ4v) is 5.73. The molecule has 1 saturated carbocycles. The Kier molecular flexibility index (Phi) is 7.12. The second-order valence-electron chi connectivity index (χ2n) is 8.20. The quantitative estimate of drug-likeness (QED) is 0.833. The standard InChI is InChI=1S/C21H33N3O3S/c1-17-10-11-18(21(25)22-19-8-6-4-3-5-7-9-19)16-20(17)28(26,27)24-14-12-23(2)13-15-24/h10-11,16,19H,3-9,12-15H2,1-2H3,(H,22,25). The van der Waals surface area contributed by atoms with Gasteiger partial charge in [-0.3, -0.25) is 4.79 Å². The summed E-state index contributed by atoms with van der Waals surface area (Å²) >= 11 is 0. The van der Waals surface area contributed by atoms with E-state index in [1.165, 1.54) is 23.6 Å². The van der Waals surface area contributed by atoms with Gasteiger partial charge in [0, 0.05) is 37.8 Å². The number of carbonyl (C=O) groups excluding carboxylic acids is 1. The molecular weight excluding hydrogens is 374 g/mol. The van der Waals surface area contributed by atoms with E-state index in [9.17, 15) is 13.2 Å². The predicted molar refractivity (Wildman–Crippen MR) is 111 cm³/mol. The van der Waals surface area contributed by atoms with Gasteiger partial charge in [0.25, 0.3) is 5.91 Å². The molecule has 0 radical (unpaired) electrons. The summed E-state index contributed by atoms with van der Waals surface area (Å²) in [5, 5.41) is 3.13. The topological polar surface area (TPSA) is 69.7 Å². The minimum absolute atomic E-state index is 0.166. The molecule has 1 aromatic rings. The average molecular weight is 408 g/mol. The van der Waals surface area contributed by atoms with Crippen LogP contribution in [0.5, 0.6) is 0 Å². The van der Waals surface area contributed by atoms with Crippen LogP contribution < -0.4 is 5.32 Å². The van der Waals surface area contributed by atoms with Crippen LogP contribution in [-0.4, -0.2) is 62.8 Å². The molecular formula is C21H33N3O3S. The third-order valence-electron chi connectivity index (χ3n) is 5.97. The highest BCUT2D eigenvalue weighted by Gasteiger charge is 2.29. The molecule has 28 heavy (non-hydrogen) atoms. The Labute approximate surface area is 169 Å². The second-order valence-corrected chi connectivity index (χ2v) is 10.1. The molecule has 156 valence electrons. The van der Waals surface area contributed by atoms with Crippen molar-refractivity contribution < 1.29 is 13.2 Å². The second kappa shape index (κ2) is 9.37. The Balaban J connectivity index is 1.75. The van der Waals surface area contributed by atoms with Crippen LogP contribution in [0.25, 0.3) is 0 Å². The molecule has 0 bridgehead atoms. The van der Waals surface area contributed by atoms with E-state index in [0.717, 1.165) is 38.8 Å². The number of carbonyl (C=O) groups is 1. The third kappa shape index (κ3) is 5.13. The Morgan fingerprint density at radius 1 is 1.00 bits per heavy atom. The van der Waals surface area contributed by atoms with Gasteiger partial charge in [-0.05, 0) is 44.5 Å². The van der Waals surface area contributed by atoms with Crippen molar-refractivity contribution >= 4 is 15.9 Å². The van der Waals surface area contributed by atoms with E-state index in [1.807, 2.05) is 7.05 Å². The number of hydrogen-bond donors (Lipinski definition) is 1. The summed E-state index contributed by atoms with van der Waals surface area (Å²) in [7, 11) is -1.59. The maximum Gasteiger partial charge on any atom is 0.251 e. The number of hydrogen-bond acceptors (Lipinski definition) is 4. The summed E-state index contributed by atoms with van der Waals surface area (Å²) in [6.07, 6.45) is 8.03. The lowest BCUT2D eigenvalue weighted by Gasteiger charge is -2.32. The van der Waals surface area contributed by atoms with E-state index in [2.05, 4.69) is 10.2 Å². The number of likely N-dealkylation sites (N-methyl/N-ethyl adjacent to an activating group) is 1. The molecule has 7 heteroatoms. The molecule has 1 aliphatic carbocycles. The zero-order valence-corrected chi connectivity index (χ0v) is 17.9. The lowest BCUT2D eigenvalue weighted by Crippen LogP contribution is -2.47. The summed E-state index contributed by atoms with van der Waals surface area (Å²) in [6.45, 7) is 4.20. The lowest BCUT2D eigenvalue weighted by atomic mass is 9.96. The van der Waals surface area contributed by atoms with Crippen LogP contribution in [-0.2, 0) is 10.0 Å². The largest absolute Gasteiger partial charge is 0.349 e. The molecule has 2 fully saturated rings. The van der Waals surface area contributed by atoms with Crippen molar-refractivity contribution in [1.82, 2.24) is 14.5 Å². The van der Waals surface area contributed by atoms with Crippen LogP contribution in [0.2, 0.25) is 0 Å². The van der Waals surface area contributed by atoms with E-state index in [-0.39, 0.29) is 16.8 Å². The van der Waals surface area contributed by atoms with E-state index in [1.54, 1.807) is 25.1 Å². The number of piperazine rings is 1. The SMILES string of the molecule is Cc1ccc(C(=O)NC2CCCCCCC2)cc1S(=O)(=O)N1CCN(C)CC1. The summed E-state index contributed by atoms with van der Waals surface area (Å²) in [6, 6.07) is 5.22. The number of aryl methyl sites for hydroxylation is 1. The highest BCUT2D eigenvalue weighted by molar-refractivity contribution is 7.89. The Hall–Kier alpha value is -1.44. The highest BCUT2D eigenvalue weighted by atomic mass is 32.2. The molecule has 3 rings (SSSR count). The van der Waals surface area contributed by atoms with Crippen LogP contribution in [0.3, 0.4) is 0 Å². The van der Waals surface area contributed by atoms with Gasteiger partial charge in [-0.25, -0.2) is 8.42 Å². The van der Waals surface area contributed by atoms with Gasteiger partial charge in [-0.1, -0.05) is 38.2 Å². The zero-order valence-electron chi connectivity index (χ0n) is 17.1. The fourth-order valence-electron chi connectivity index (χ4n) is 4.06. The average Bonchev–Trinajstić information content (AvgIpc) is 2.64. The number of benzene rings is 1. The number of nitrogens with zero attached hydrogens (tertiary/aromatic N) is 2. The molecule has 0 spiro atoms. The van der Waals surface area contributed by atoms with Crippen LogP contribution in [0.1, 0.15) is 60.9 Å². The van der Waals surface area contributed by atoms with Gasteiger partial charge in [0.05, 0.1) is 4.90 Å². The molecule has 1 aromatic carbocycles. The van der Waals surface area contributed by atoms with Gasteiger partial charge in [-0.2, -0.15) is 4.31 Å². The maximum absolute atomic E-state index is 13.1. The van der Waals surface area contributed by atoms with Crippen molar-refractivity contribution in [2.24, 2.45) is 0 Å². The number of amides is 1. The third-order valence-corrected chi connectivity index (χ3v) is 8.01. The zero-order chi connectivity index (χ0) is 20.1. The van der Waals surface area contributed by atoms with Gasteiger partial charge >= 0.3 is 0 Å². The summed E-state index contributed by atoms with van der Waals surface area (Å²) < 4.78 is 27.8. The fraction of sp³-hybridized carbons (Fsp3) is 0.667. The lowest BCUT2D eigenvalue weighted by molar-refractivity contribution is 0.0930. The molecule has 0 aromatic heterocycles. The van der Waals surface area contributed by atoms with Crippen LogP contribution >= 0.6 is 0 Å². The molecule has 1 saturated heterocycles. The molecule has 2 aliphatic rings. The van der Waals surface area contributed by atoms with Crippen molar-refractivity contribution in [3.05, 3.63) is 29.3 Å². The van der Waals surface area contributed by atoms with E-state index in [0.29, 0.717) is 24.2 Å². The normalized spacial score (nSPS) is 21.1. The Morgan fingerprint density at radius 2 is 1.61 bits per heavy atom. The number of rotatable bonds is 4. The smallest absolute Gasteiger partial charge is 0.251 e. The molecule has 0 atom stereocenters. The molecule has 1 aliphatic heterocycles. The Bertz CT molecular complexity index is 778. The van der Waals surface area contributed by atoms with Crippen molar-refractivity contribution in [2.75, 3.05) is 33.2 Å². The first-order chi connectivity index (χ1) is 13.4. The molecule has 0 unspecified atom stereocenters. The van der Waals surface area contributed by atoms with E-state index >= 15 is 0 Å². The van der Waals surface area contributed by atoms with Crippen molar-refractivity contribution in [2.45, 2.75) is 62.8 Å². The van der Waals surface area contributed by atoms with E-state index in [4.69, 9.17) is 0 Å². The molecule has 6 nitrogen and oxygen atoms in total. The van der Waals surface area contributed by atoms with Crippen molar-refractivity contribution in [3.63, 3.8) is 0 Å². The monoisotopic (exact) mass is 407 g/mol. The van der Waals surface area contributed by atoms with Gasteiger partial charge in [0.15, 0.2) is 0 Å². The first-order valence-corrected chi connectivity index (χ1v) is 11.9. The molecule has 1 amide bonds. The molecule has 1 N–H and O–H groups in total. The van der Waals surface area contributed by atoms with Crippen LogP contribution in [0.15, 0.2) is 23.1 Å². The van der Waals surface area contributed by atoms with Crippen LogP contribution in [0.4, 0.5) is 0 Å². The molecule has 1 heterocycles.